The molecule has 0 aromatic heterocycles. The summed E-state index contributed by atoms with van der Waals surface area (Å²) in [6.45, 7) is 2.40. The Labute approximate surface area is 130 Å². The van der Waals surface area contributed by atoms with Crippen molar-refractivity contribution < 1.29 is 9.18 Å². The third kappa shape index (κ3) is 3.47. The molecule has 2 aromatic carbocycles. The molecule has 0 saturated carbocycles. The molecule has 0 heterocycles. The third-order valence-electron chi connectivity index (χ3n) is 2.71. The Bertz CT molecular complexity index is 614. The summed E-state index contributed by atoms with van der Waals surface area (Å²) < 4.78 is 14.8. The minimum Gasteiger partial charge on any atom is -0.382 e. The maximum absolute atomic E-state index is 13.7. The summed E-state index contributed by atoms with van der Waals surface area (Å²) in [6, 6.07) is 11.9. The average molecular weight is 384 g/mol. The lowest BCUT2D eigenvalue weighted by molar-refractivity contribution is 0.102. The number of anilines is 2. The van der Waals surface area contributed by atoms with Crippen LogP contribution in [0.2, 0.25) is 0 Å². The number of benzene rings is 2. The van der Waals surface area contributed by atoms with Gasteiger partial charge in [0.05, 0.1) is 11.3 Å². The highest BCUT2D eigenvalue weighted by Gasteiger charge is 2.14. The van der Waals surface area contributed by atoms with Crippen LogP contribution >= 0.6 is 22.6 Å². The molecular formula is C15H14FIN2O. The Morgan fingerprint density at radius 2 is 1.90 bits per heavy atom. The predicted octanol–water partition coefficient (Wildman–Crippen LogP) is 4.11. The largest absolute Gasteiger partial charge is 0.382 e. The number of hydrogen-bond donors (Lipinski definition) is 2. The topological polar surface area (TPSA) is 41.1 Å². The summed E-state index contributed by atoms with van der Waals surface area (Å²) in [6.07, 6.45) is 0. The van der Waals surface area contributed by atoms with Crippen molar-refractivity contribution in [3.63, 3.8) is 0 Å². The number of para-hydroxylation sites is 1. The average Bonchev–Trinajstić information content (AvgIpc) is 2.43. The summed E-state index contributed by atoms with van der Waals surface area (Å²) in [5.74, 6) is -0.760. The van der Waals surface area contributed by atoms with Gasteiger partial charge in [-0.1, -0.05) is 6.07 Å². The van der Waals surface area contributed by atoms with E-state index < -0.39 is 5.82 Å². The van der Waals surface area contributed by atoms with Gasteiger partial charge in [0.2, 0.25) is 0 Å². The lowest BCUT2D eigenvalue weighted by atomic mass is 10.1. The van der Waals surface area contributed by atoms with Gasteiger partial charge in [-0.25, -0.2) is 4.39 Å². The number of nitrogens with one attached hydrogen (secondary N) is 2. The first kappa shape index (κ1) is 14.8. The molecule has 0 aliphatic heterocycles. The molecule has 2 N–H and O–H groups in total. The summed E-state index contributed by atoms with van der Waals surface area (Å²) in [4.78, 5) is 12.2. The Morgan fingerprint density at radius 1 is 1.20 bits per heavy atom. The second kappa shape index (κ2) is 6.69. The van der Waals surface area contributed by atoms with Crippen molar-refractivity contribution in [1.82, 2.24) is 0 Å². The van der Waals surface area contributed by atoms with E-state index in [1.54, 1.807) is 6.07 Å². The molecule has 104 valence electrons. The van der Waals surface area contributed by atoms with Crippen molar-refractivity contribution in [2.75, 3.05) is 17.2 Å². The molecule has 5 heteroatoms. The molecule has 1 amide bonds. The van der Waals surface area contributed by atoms with E-state index in [1.807, 2.05) is 31.2 Å². The first-order chi connectivity index (χ1) is 9.61. The highest BCUT2D eigenvalue weighted by Crippen LogP contribution is 2.21. The van der Waals surface area contributed by atoms with Gasteiger partial charge in [0.15, 0.2) is 0 Å². The smallest absolute Gasteiger partial charge is 0.257 e. The third-order valence-corrected chi connectivity index (χ3v) is 3.43. The van der Waals surface area contributed by atoms with Gasteiger partial charge in [0.25, 0.3) is 5.91 Å². The van der Waals surface area contributed by atoms with Crippen LogP contribution in [0.1, 0.15) is 17.3 Å². The Hall–Kier alpha value is -1.63. The van der Waals surface area contributed by atoms with E-state index >= 15 is 0 Å². The molecule has 0 atom stereocenters. The highest BCUT2D eigenvalue weighted by molar-refractivity contribution is 14.1. The van der Waals surface area contributed by atoms with Gasteiger partial charge in [0.1, 0.15) is 5.82 Å². The summed E-state index contributed by atoms with van der Waals surface area (Å²) in [5.41, 5.74) is 1.21. The van der Waals surface area contributed by atoms with Crippen molar-refractivity contribution in [2.45, 2.75) is 6.92 Å². The number of halogens is 2. The van der Waals surface area contributed by atoms with E-state index in [4.69, 9.17) is 0 Å². The van der Waals surface area contributed by atoms with Gasteiger partial charge in [-0.05, 0) is 65.9 Å². The van der Waals surface area contributed by atoms with E-state index in [0.29, 0.717) is 17.8 Å². The number of carbonyl (C=O) groups excluding carboxylic acids is 1. The lowest BCUT2D eigenvalue weighted by Gasteiger charge is -2.12. The maximum Gasteiger partial charge on any atom is 0.257 e. The molecule has 2 aromatic rings. The second-order valence-electron chi connectivity index (χ2n) is 4.15. The molecule has 0 aliphatic rings. The zero-order valence-electron chi connectivity index (χ0n) is 10.9. The minimum atomic E-state index is -0.429. The fraction of sp³-hybridized carbons (Fsp3) is 0.133. The quantitative estimate of drug-likeness (QED) is 0.779. The minimum absolute atomic E-state index is 0.234. The normalized spacial score (nSPS) is 10.2. The number of hydrogen-bond acceptors (Lipinski definition) is 2. The van der Waals surface area contributed by atoms with E-state index in [0.717, 1.165) is 3.57 Å². The Morgan fingerprint density at radius 3 is 2.55 bits per heavy atom. The van der Waals surface area contributed by atoms with E-state index in [1.165, 1.54) is 12.1 Å². The van der Waals surface area contributed by atoms with E-state index in [-0.39, 0.29) is 11.6 Å². The van der Waals surface area contributed by atoms with Crippen LogP contribution in [0, 0.1) is 9.39 Å². The summed E-state index contributed by atoms with van der Waals surface area (Å²) >= 11 is 2.19. The molecular weight excluding hydrogens is 370 g/mol. The maximum atomic E-state index is 13.7. The molecule has 0 fully saturated rings. The molecule has 0 saturated heterocycles. The fourth-order valence-corrected chi connectivity index (χ4v) is 2.16. The number of amides is 1. The van der Waals surface area contributed by atoms with Crippen LogP contribution in [-0.2, 0) is 0 Å². The van der Waals surface area contributed by atoms with Gasteiger partial charge in [-0.15, -0.1) is 0 Å². The van der Waals surface area contributed by atoms with Crippen molar-refractivity contribution in [2.24, 2.45) is 0 Å². The first-order valence-electron chi connectivity index (χ1n) is 6.21. The van der Waals surface area contributed by atoms with Gasteiger partial charge in [0, 0.05) is 15.8 Å². The van der Waals surface area contributed by atoms with E-state index in [9.17, 15) is 9.18 Å². The molecule has 0 aliphatic carbocycles. The zero-order chi connectivity index (χ0) is 14.5. The van der Waals surface area contributed by atoms with Crippen molar-refractivity contribution in [1.29, 1.82) is 0 Å². The monoisotopic (exact) mass is 384 g/mol. The molecule has 0 spiro atoms. The predicted molar refractivity (Wildman–Crippen MR) is 87.7 cm³/mol. The second-order valence-corrected chi connectivity index (χ2v) is 5.40. The Kier molecular flexibility index (Phi) is 4.94. The molecule has 2 rings (SSSR count). The molecule has 0 bridgehead atoms. The zero-order valence-corrected chi connectivity index (χ0v) is 13.1. The summed E-state index contributed by atoms with van der Waals surface area (Å²) in [5, 5.41) is 5.65. The van der Waals surface area contributed by atoms with Crippen LogP contribution < -0.4 is 10.6 Å². The van der Waals surface area contributed by atoms with Gasteiger partial charge in [-0.2, -0.15) is 0 Å². The van der Waals surface area contributed by atoms with Gasteiger partial charge < -0.3 is 10.6 Å². The van der Waals surface area contributed by atoms with E-state index in [2.05, 4.69) is 33.2 Å². The van der Waals surface area contributed by atoms with Gasteiger partial charge >= 0.3 is 0 Å². The molecule has 20 heavy (non-hydrogen) atoms. The van der Waals surface area contributed by atoms with Crippen molar-refractivity contribution in [3.8, 4) is 0 Å². The first-order valence-corrected chi connectivity index (χ1v) is 7.29. The number of rotatable bonds is 4. The van der Waals surface area contributed by atoms with Crippen LogP contribution in [0.3, 0.4) is 0 Å². The van der Waals surface area contributed by atoms with Crippen molar-refractivity contribution >= 4 is 39.9 Å². The molecule has 0 radical (unpaired) electrons. The SMILES string of the molecule is CCNc1c(F)cccc1C(=O)Nc1ccc(I)cc1. The number of carbonyl (C=O) groups is 1. The van der Waals surface area contributed by atoms with Crippen LogP contribution in [-0.4, -0.2) is 12.5 Å². The van der Waals surface area contributed by atoms with Gasteiger partial charge in [-0.3, -0.25) is 4.79 Å². The van der Waals surface area contributed by atoms with Crippen LogP contribution in [0.15, 0.2) is 42.5 Å². The fourth-order valence-electron chi connectivity index (χ4n) is 1.80. The van der Waals surface area contributed by atoms with Crippen molar-refractivity contribution in [3.05, 3.63) is 57.4 Å². The molecule has 3 nitrogen and oxygen atoms in total. The van der Waals surface area contributed by atoms with Crippen LogP contribution in [0.25, 0.3) is 0 Å². The Balaban J connectivity index is 2.25. The molecule has 0 unspecified atom stereocenters. The standard InChI is InChI=1S/C15H14FIN2O/c1-2-18-14-12(4-3-5-13(14)16)15(20)19-11-8-6-10(17)7-9-11/h3-9,18H,2H2,1H3,(H,19,20). The van der Waals surface area contributed by atoms with Crippen LogP contribution in [0.4, 0.5) is 15.8 Å². The van der Waals surface area contributed by atoms with Crippen LogP contribution in [0.5, 0.6) is 0 Å². The lowest BCUT2D eigenvalue weighted by Crippen LogP contribution is -2.15. The highest BCUT2D eigenvalue weighted by atomic mass is 127. The summed E-state index contributed by atoms with van der Waals surface area (Å²) in [7, 11) is 0.